The molecule has 0 aliphatic carbocycles. The van der Waals surface area contributed by atoms with Crippen LogP contribution >= 0.6 is 11.6 Å². The van der Waals surface area contributed by atoms with Gasteiger partial charge in [-0.25, -0.2) is 4.39 Å². The van der Waals surface area contributed by atoms with Crippen LogP contribution in [-0.4, -0.2) is 6.29 Å². The molecule has 0 amide bonds. The van der Waals surface area contributed by atoms with Crippen molar-refractivity contribution in [3.63, 3.8) is 0 Å². The molecule has 0 aliphatic heterocycles. The normalized spacial score (nSPS) is 10.0. The molecule has 0 fully saturated rings. The molecule has 0 unspecified atom stereocenters. The third-order valence-corrected chi connectivity index (χ3v) is 2.40. The molecular formula is C13H8ClFO2. The molecule has 2 aromatic carbocycles. The van der Waals surface area contributed by atoms with Crippen molar-refractivity contribution in [2.24, 2.45) is 0 Å². The molecular weight excluding hydrogens is 243 g/mol. The number of benzene rings is 2. The Morgan fingerprint density at radius 1 is 1.12 bits per heavy atom. The van der Waals surface area contributed by atoms with E-state index in [9.17, 15) is 9.18 Å². The second-order valence-electron chi connectivity index (χ2n) is 3.36. The second-order valence-corrected chi connectivity index (χ2v) is 3.79. The van der Waals surface area contributed by atoms with E-state index in [-0.39, 0.29) is 5.75 Å². The van der Waals surface area contributed by atoms with Crippen molar-refractivity contribution in [1.29, 1.82) is 0 Å². The van der Waals surface area contributed by atoms with Crippen LogP contribution in [0.25, 0.3) is 0 Å². The minimum absolute atomic E-state index is 0.183. The first-order valence-corrected chi connectivity index (χ1v) is 5.25. The standard InChI is InChI=1S/C13H8ClFO2/c14-10-2-5-12(6-3-10)17-13-7-11(15)4-1-9(13)8-16/h1-8H. The number of aldehydes is 1. The van der Waals surface area contributed by atoms with Crippen LogP contribution in [0.5, 0.6) is 11.5 Å². The summed E-state index contributed by atoms with van der Waals surface area (Å²) in [6, 6.07) is 10.3. The highest BCUT2D eigenvalue weighted by Gasteiger charge is 2.06. The van der Waals surface area contributed by atoms with E-state index < -0.39 is 5.82 Å². The Kier molecular flexibility index (Phi) is 3.40. The maximum absolute atomic E-state index is 13.0. The lowest BCUT2D eigenvalue weighted by atomic mass is 10.2. The molecule has 0 radical (unpaired) electrons. The molecule has 86 valence electrons. The molecule has 2 rings (SSSR count). The summed E-state index contributed by atoms with van der Waals surface area (Å²) in [7, 11) is 0. The third kappa shape index (κ3) is 2.82. The number of ether oxygens (including phenoxy) is 1. The van der Waals surface area contributed by atoms with Gasteiger partial charge >= 0.3 is 0 Å². The first kappa shape index (κ1) is 11.6. The van der Waals surface area contributed by atoms with Crippen molar-refractivity contribution in [2.75, 3.05) is 0 Å². The Bertz CT molecular complexity index is 538. The van der Waals surface area contributed by atoms with Gasteiger partial charge in [-0.05, 0) is 36.4 Å². The molecule has 2 nitrogen and oxygen atoms in total. The van der Waals surface area contributed by atoms with Gasteiger partial charge in [0, 0.05) is 11.1 Å². The van der Waals surface area contributed by atoms with Crippen LogP contribution in [0.4, 0.5) is 4.39 Å². The van der Waals surface area contributed by atoms with E-state index in [1.165, 1.54) is 18.2 Å². The summed E-state index contributed by atoms with van der Waals surface area (Å²) in [5.41, 5.74) is 0.293. The fraction of sp³-hybridized carbons (Fsp3) is 0. The number of carbonyl (C=O) groups excluding carboxylic acids is 1. The lowest BCUT2D eigenvalue weighted by molar-refractivity contribution is 0.112. The van der Waals surface area contributed by atoms with E-state index in [0.717, 1.165) is 0 Å². The number of rotatable bonds is 3. The van der Waals surface area contributed by atoms with E-state index in [1.54, 1.807) is 24.3 Å². The SMILES string of the molecule is O=Cc1ccc(F)cc1Oc1ccc(Cl)cc1. The fourth-order valence-electron chi connectivity index (χ4n) is 1.32. The van der Waals surface area contributed by atoms with Crippen LogP contribution in [0.15, 0.2) is 42.5 Å². The molecule has 0 N–H and O–H groups in total. The average Bonchev–Trinajstić information content (AvgIpc) is 2.32. The number of hydrogen-bond donors (Lipinski definition) is 0. The lowest BCUT2D eigenvalue weighted by Gasteiger charge is -2.07. The van der Waals surface area contributed by atoms with Crippen LogP contribution < -0.4 is 4.74 Å². The number of halogens is 2. The summed E-state index contributed by atoms with van der Waals surface area (Å²) in [5, 5.41) is 0.576. The van der Waals surface area contributed by atoms with Gasteiger partial charge in [0.25, 0.3) is 0 Å². The Morgan fingerprint density at radius 2 is 1.82 bits per heavy atom. The Balaban J connectivity index is 2.31. The van der Waals surface area contributed by atoms with Crippen molar-refractivity contribution < 1.29 is 13.9 Å². The predicted octanol–water partition coefficient (Wildman–Crippen LogP) is 4.08. The minimum Gasteiger partial charge on any atom is -0.457 e. The van der Waals surface area contributed by atoms with Gasteiger partial charge in [0.15, 0.2) is 6.29 Å². The fourth-order valence-corrected chi connectivity index (χ4v) is 1.45. The number of carbonyl (C=O) groups is 1. The molecule has 2 aromatic rings. The van der Waals surface area contributed by atoms with Crippen molar-refractivity contribution in [2.45, 2.75) is 0 Å². The lowest BCUT2D eigenvalue weighted by Crippen LogP contribution is -1.91. The molecule has 0 saturated carbocycles. The molecule has 4 heteroatoms. The maximum atomic E-state index is 13.0. The van der Waals surface area contributed by atoms with Crippen molar-refractivity contribution in [1.82, 2.24) is 0 Å². The average molecular weight is 251 g/mol. The predicted molar refractivity (Wildman–Crippen MR) is 63.3 cm³/mol. The Labute approximate surface area is 103 Å². The van der Waals surface area contributed by atoms with Gasteiger partial charge in [-0.15, -0.1) is 0 Å². The molecule has 0 heterocycles. The van der Waals surface area contributed by atoms with Gasteiger partial charge in [-0.2, -0.15) is 0 Å². The molecule has 0 bridgehead atoms. The highest BCUT2D eigenvalue weighted by molar-refractivity contribution is 6.30. The maximum Gasteiger partial charge on any atom is 0.153 e. The third-order valence-electron chi connectivity index (χ3n) is 2.14. The zero-order chi connectivity index (χ0) is 12.3. The molecule has 0 spiro atoms. The van der Waals surface area contributed by atoms with Crippen molar-refractivity contribution >= 4 is 17.9 Å². The minimum atomic E-state index is -0.459. The quantitative estimate of drug-likeness (QED) is 0.767. The van der Waals surface area contributed by atoms with Gasteiger partial charge in [0.2, 0.25) is 0 Å². The topological polar surface area (TPSA) is 26.3 Å². The van der Waals surface area contributed by atoms with Gasteiger partial charge in [0.1, 0.15) is 17.3 Å². The number of hydrogen-bond acceptors (Lipinski definition) is 2. The summed E-state index contributed by atoms with van der Waals surface area (Å²) < 4.78 is 18.4. The molecule has 0 aliphatic rings. The highest BCUT2D eigenvalue weighted by Crippen LogP contribution is 2.26. The summed E-state index contributed by atoms with van der Waals surface area (Å²) >= 11 is 5.73. The van der Waals surface area contributed by atoms with E-state index >= 15 is 0 Å². The molecule has 17 heavy (non-hydrogen) atoms. The van der Waals surface area contributed by atoms with E-state index in [0.29, 0.717) is 22.6 Å². The highest BCUT2D eigenvalue weighted by atomic mass is 35.5. The molecule has 0 aromatic heterocycles. The molecule has 0 saturated heterocycles. The summed E-state index contributed by atoms with van der Waals surface area (Å²) in [4.78, 5) is 10.8. The summed E-state index contributed by atoms with van der Waals surface area (Å²) in [5.74, 6) is 0.213. The Hall–Kier alpha value is -1.87. The summed E-state index contributed by atoms with van der Waals surface area (Å²) in [6.07, 6.45) is 0.616. The molecule has 0 atom stereocenters. The van der Waals surface area contributed by atoms with Crippen molar-refractivity contribution in [3.8, 4) is 11.5 Å². The van der Waals surface area contributed by atoms with Crippen LogP contribution in [0, 0.1) is 5.82 Å². The van der Waals surface area contributed by atoms with Crippen molar-refractivity contribution in [3.05, 3.63) is 58.9 Å². The summed E-state index contributed by atoms with van der Waals surface area (Å²) in [6.45, 7) is 0. The Morgan fingerprint density at radius 3 is 2.47 bits per heavy atom. The zero-order valence-corrected chi connectivity index (χ0v) is 9.45. The van der Waals surface area contributed by atoms with Gasteiger partial charge in [-0.3, -0.25) is 4.79 Å². The van der Waals surface area contributed by atoms with Gasteiger partial charge in [0.05, 0.1) is 5.56 Å². The van der Waals surface area contributed by atoms with Crippen LogP contribution in [-0.2, 0) is 0 Å². The monoisotopic (exact) mass is 250 g/mol. The van der Waals surface area contributed by atoms with Crippen LogP contribution in [0.3, 0.4) is 0 Å². The largest absolute Gasteiger partial charge is 0.457 e. The first-order valence-electron chi connectivity index (χ1n) is 4.87. The van der Waals surface area contributed by atoms with E-state index in [4.69, 9.17) is 16.3 Å². The van der Waals surface area contributed by atoms with E-state index in [2.05, 4.69) is 0 Å². The first-order chi connectivity index (χ1) is 8.19. The second kappa shape index (κ2) is 4.97. The smallest absolute Gasteiger partial charge is 0.153 e. The van der Waals surface area contributed by atoms with Crippen LogP contribution in [0.1, 0.15) is 10.4 Å². The van der Waals surface area contributed by atoms with Gasteiger partial charge < -0.3 is 4.74 Å². The van der Waals surface area contributed by atoms with Crippen LogP contribution in [0.2, 0.25) is 5.02 Å². The zero-order valence-electron chi connectivity index (χ0n) is 8.69. The van der Waals surface area contributed by atoms with E-state index in [1.807, 2.05) is 0 Å². The van der Waals surface area contributed by atoms with Gasteiger partial charge in [-0.1, -0.05) is 11.6 Å².